The quantitative estimate of drug-likeness (QED) is 0.687. The molecule has 0 saturated heterocycles. The molecule has 0 aliphatic rings. The third-order valence-electron chi connectivity index (χ3n) is 4.35. The van der Waals surface area contributed by atoms with E-state index in [-0.39, 0.29) is 12.4 Å². The number of hydrogen-bond donors (Lipinski definition) is 0. The molecular weight excluding hydrogens is 310 g/mol. The summed E-state index contributed by atoms with van der Waals surface area (Å²) in [4.78, 5) is 23.0. The Kier molecular flexibility index (Phi) is 3.93. The lowest BCUT2D eigenvalue weighted by atomic mass is 10.1. The van der Waals surface area contributed by atoms with Crippen LogP contribution in [0.5, 0.6) is 5.88 Å². The lowest BCUT2D eigenvalue weighted by Crippen LogP contribution is -2.13. The Morgan fingerprint density at radius 2 is 2.00 bits per heavy atom. The minimum atomic E-state index is -0.0393. The van der Waals surface area contributed by atoms with E-state index >= 15 is 0 Å². The summed E-state index contributed by atoms with van der Waals surface area (Å²) >= 11 is 1.61. The van der Waals surface area contributed by atoms with Gasteiger partial charge in [-0.05, 0) is 39.3 Å². The van der Waals surface area contributed by atoms with Crippen molar-refractivity contribution >= 4 is 27.3 Å². The molecule has 3 rings (SSSR count). The highest BCUT2D eigenvalue weighted by atomic mass is 32.1. The summed E-state index contributed by atoms with van der Waals surface area (Å²) in [6.07, 6.45) is 1.48. The fraction of sp³-hybridized carbons (Fsp3) is 0.353. The lowest BCUT2D eigenvalue weighted by molar-refractivity contribution is 0.0918. The summed E-state index contributed by atoms with van der Waals surface area (Å²) < 4.78 is 7.73. The molecule has 0 unspecified atom stereocenters. The van der Waals surface area contributed by atoms with Crippen LogP contribution in [0.4, 0.5) is 0 Å². The zero-order valence-corrected chi connectivity index (χ0v) is 14.7. The SMILES string of the molecule is Cc1sc2ncnc(OCC(=O)c3cc(C)n(C)c3C)c2c1C. The Labute approximate surface area is 138 Å². The van der Waals surface area contributed by atoms with Crippen LogP contribution in [0.15, 0.2) is 12.4 Å². The van der Waals surface area contributed by atoms with Crippen molar-refractivity contribution in [2.45, 2.75) is 27.7 Å². The molecule has 0 N–H and O–H groups in total. The van der Waals surface area contributed by atoms with Crippen molar-refractivity contribution in [3.63, 3.8) is 0 Å². The van der Waals surface area contributed by atoms with Crippen molar-refractivity contribution < 1.29 is 9.53 Å². The van der Waals surface area contributed by atoms with E-state index < -0.39 is 0 Å². The smallest absolute Gasteiger partial charge is 0.226 e. The van der Waals surface area contributed by atoms with Crippen LogP contribution >= 0.6 is 11.3 Å². The average Bonchev–Trinajstić information content (AvgIpc) is 2.96. The molecule has 23 heavy (non-hydrogen) atoms. The lowest BCUT2D eigenvalue weighted by Gasteiger charge is -2.06. The monoisotopic (exact) mass is 329 g/mol. The van der Waals surface area contributed by atoms with Gasteiger partial charge in [-0.2, -0.15) is 0 Å². The Bertz CT molecular complexity index is 908. The van der Waals surface area contributed by atoms with E-state index in [0.717, 1.165) is 27.2 Å². The topological polar surface area (TPSA) is 57.0 Å². The number of Topliss-reactive ketones (excluding diaryl/α,β-unsaturated/α-hetero) is 1. The van der Waals surface area contributed by atoms with Crippen molar-refractivity contribution in [3.8, 4) is 5.88 Å². The van der Waals surface area contributed by atoms with Crippen LogP contribution in [0, 0.1) is 27.7 Å². The molecule has 0 radical (unpaired) electrons. The number of aryl methyl sites for hydroxylation is 3. The third-order valence-corrected chi connectivity index (χ3v) is 5.46. The number of fused-ring (bicyclic) bond motifs is 1. The second kappa shape index (κ2) is 5.77. The predicted octanol–water partition coefficient (Wildman–Crippen LogP) is 3.53. The van der Waals surface area contributed by atoms with Crippen molar-refractivity contribution in [3.05, 3.63) is 39.8 Å². The number of aromatic nitrogens is 3. The van der Waals surface area contributed by atoms with E-state index in [2.05, 4.69) is 9.97 Å². The fourth-order valence-corrected chi connectivity index (χ4v) is 3.60. The zero-order valence-electron chi connectivity index (χ0n) is 13.9. The van der Waals surface area contributed by atoms with Crippen molar-refractivity contribution in [2.24, 2.45) is 7.05 Å². The molecule has 0 aliphatic heterocycles. The van der Waals surface area contributed by atoms with E-state index in [1.165, 1.54) is 11.2 Å². The molecular formula is C17H19N3O2S. The molecule has 5 nitrogen and oxygen atoms in total. The van der Waals surface area contributed by atoms with Crippen LogP contribution < -0.4 is 4.74 Å². The number of ether oxygens (including phenoxy) is 1. The van der Waals surface area contributed by atoms with Gasteiger partial charge in [-0.3, -0.25) is 4.79 Å². The molecule has 0 spiro atoms. The van der Waals surface area contributed by atoms with Crippen molar-refractivity contribution in [1.82, 2.24) is 14.5 Å². The Balaban J connectivity index is 1.86. The van der Waals surface area contributed by atoms with Crippen molar-refractivity contribution in [2.75, 3.05) is 6.61 Å². The molecule has 0 atom stereocenters. The normalized spacial score (nSPS) is 11.2. The second-order valence-corrected chi connectivity index (χ2v) is 6.90. The van der Waals surface area contributed by atoms with E-state index in [0.29, 0.717) is 11.4 Å². The summed E-state index contributed by atoms with van der Waals surface area (Å²) in [5.41, 5.74) is 3.82. The molecule has 120 valence electrons. The van der Waals surface area contributed by atoms with E-state index in [1.807, 2.05) is 45.4 Å². The minimum Gasteiger partial charge on any atom is -0.469 e. The number of hydrogen-bond acceptors (Lipinski definition) is 5. The molecule has 3 aromatic heterocycles. The first-order chi connectivity index (χ1) is 10.9. The van der Waals surface area contributed by atoms with Gasteiger partial charge < -0.3 is 9.30 Å². The molecule has 0 fully saturated rings. The van der Waals surface area contributed by atoms with Crippen LogP contribution in [-0.2, 0) is 7.05 Å². The summed E-state index contributed by atoms with van der Waals surface area (Å²) in [7, 11) is 1.95. The average molecular weight is 329 g/mol. The molecule has 0 aliphatic carbocycles. The number of nitrogens with zero attached hydrogens (tertiary/aromatic N) is 3. The van der Waals surface area contributed by atoms with E-state index in [4.69, 9.17) is 4.74 Å². The molecule has 0 bridgehead atoms. The Hall–Kier alpha value is -2.21. The van der Waals surface area contributed by atoms with E-state index in [9.17, 15) is 4.79 Å². The number of ketones is 1. The minimum absolute atomic E-state index is 0.0231. The van der Waals surface area contributed by atoms with E-state index in [1.54, 1.807) is 11.3 Å². The maximum absolute atomic E-state index is 12.5. The van der Waals surface area contributed by atoms with Gasteiger partial charge in [0.25, 0.3) is 0 Å². The second-order valence-electron chi connectivity index (χ2n) is 5.70. The highest BCUT2D eigenvalue weighted by Gasteiger charge is 2.17. The Morgan fingerprint density at radius 1 is 1.26 bits per heavy atom. The van der Waals surface area contributed by atoms with Gasteiger partial charge in [0, 0.05) is 28.9 Å². The predicted molar refractivity (Wildman–Crippen MR) is 91.6 cm³/mol. The highest BCUT2D eigenvalue weighted by molar-refractivity contribution is 7.18. The first kappa shape index (κ1) is 15.7. The third kappa shape index (κ3) is 2.63. The first-order valence-electron chi connectivity index (χ1n) is 7.39. The largest absolute Gasteiger partial charge is 0.469 e. The van der Waals surface area contributed by atoms with Crippen LogP contribution in [0.25, 0.3) is 10.2 Å². The number of carbonyl (C=O) groups is 1. The van der Waals surface area contributed by atoms with Crippen LogP contribution in [0.2, 0.25) is 0 Å². The highest BCUT2D eigenvalue weighted by Crippen LogP contribution is 2.33. The summed E-state index contributed by atoms with van der Waals surface area (Å²) in [5, 5.41) is 0.906. The van der Waals surface area contributed by atoms with Gasteiger partial charge in [0.15, 0.2) is 6.61 Å². The first-order valence-corrected chi connectivity index (χ1v) is 8.21. The Morgan fingerprint density at radius 3 is 2.65 bits per heavy atom. The molecule has 0 amide bonds. The van der Waals surface area contributed by atoms with Crippen molar-refractivity contribution in [1.29, 1.82) is 0 Å². The van der Waals surface area contributed by atoms with Gasteiger partial charge >= 0.3 is 0 Å². The maximum Gasteiger partial charge on any atom is 0.226 e. The zero-order chi connectivity index (χ0) is 16.7. The summed E-state index contributed by atoms with van der Waals surface area (Å²) in [5.74, 6) is 0.443. The van der Waals surface area contributed by atoms with Gasteiger partial charge in [-0.15, -0.1) is 11.3 Å². The molecule has 3 aromatic rings. The summed E-state index contributed by atoms with van der Waals surface area (Å²) in [6.45, 7) is 7.97. The van der Waals surface area contributed by atoms with Gasteiger partial charge in [-0.1, -0.05) is 0 Å². The van der Waals surface area contributed by atoms with Gasteiger partial charge in [-0.25, -0.2) is 9.97 Å². The van der Waals surface area contributed by atoms with Gasteiger partial charge in [0.05, 0.1) is 5.39 Å². The standard InChI is InChI=1S/C17H19N3O2S/c1-9-6-13(11(3)20(9)5)14(21)7-22-16-15-10(2)12(4)23-17(15)19-8-18-16/h6,8H,7H2,1-5H3. The molecule has 6 heteroatoms. The fourth-order valence-electron chi connectivity index (χ4n) is 2.61. The molecule has 3 heterocycles. The number of carbonyl (C=O) groups excluding carboxylic acids is 1. The number of thiophene rings is 1. The van der Waals surface area contributed by atoms with Gasteiger partial charge in [0.1, 0.15) is 11.2 Å². The summed E-state index contributed by atoms with van der Waals surface area (Å²) in [6, 6.07) is 1.90. The molecule has 0 saturated carbocycles. The molecule has 0 aromatic carbocycles. The number of rotatable bonds is 4. The van der Waals surface area contributed by atoms with Crippen LogP contribution in [-0.4, -0.2) is 26.9 Å². The van der Waals surface area contributed by atoms with Crippen LogP contribution in [0.1, 0.15) is 32.2 Å². The van der Waals surface area contributed by atoms with Crippen LogP contribution in [0.3, 0.4) is 0 Å². The van der Waals surface area contributed by atoms with Gasteiger partial charge in [0.2, 0.25) is 11.7 Å². The maximum atomic E-state index is 12.5.